The number of thioether (sulfide) groups is 1. The largest absolute Gasteiger partial charge is 0.481 e. The maximum absolute atomic E-state index is 12.8. The molecule has 1 saturated heterocycles. The molecule has 2 aliphatic rings. The van der Waals surface area contributed by atoms with Crippen molar-refractivity contribution in [3.63, 3.8) is 0 Å². The highest BCUT2D eigenvalue weighted by Crippen LogP contribution is 2.61. The van der Waals surface area contributed by atoms with E-state index in [-0.39, 0.29) is 47.4 Å². The van der Waals surface area contributed by atoms with E-state index in [2.05, 4.69) is 41.3 Å². The van der Waals surface area contributed by atoms with Crippen LogP contribution in [0.3, 0.4) is 0 Å². The van der Waals surface area contributed by atoms with Crippen LogP contribution < -0.4 is 16.4 Å². The molecule has 71 heavy (non-hydrogen) atoms. The van der Waals surface area contributed by atoms with Gasteiger partial charge in [0.15, 0.2) is 28.6 Å². The number of phosphoric ester groups is 3. The van der Waals surface area contributed by atoms with E-state index in [9.17, 15) is 67.8 Å². The third-order valence-electron chi connectivity index (χ3n) is 11.0. The summed E-state index contributed by atoms with van der Waals surface area (Å²) in [5.41, 5.74) is 5.96. The molecule has 0 spiro atoms. The number of aliphatic hydroxyl groups is 3. The van der Waals surface area contributed by atoms with Crippen LogP contribution in [0.5, 0.6) is 0 Å². The first kappa shape index (κ1) is 60.0. The van der Waals surface area contributed by atoms with E-state index < -0.39 is 90.7 Å². The highest BCUT2D eigenvalue weighted by Gasteiger charge is 2.50. The number of nitrogens with zero attached hydrogens (tertiary/aromatic N) is 4. The predicted octanol–water partition coefficient (Wildman–Crippen LogP) is 2.94. The minimum atomic E-state index is -5.60. The Morgan fingerprint density at radius 3 is 2.45 bits per heavy atom. The monoisotopic (exact) mass is 1080 g/mol. The number of carbonyl (C=O) groups excluding carboxylic acids is 4. The highest BCUT2D eigenvalue weighted by atomic mass is 32.2. The summed E-state index contributed by atoms with van der Waals surface area (Å²) in [7, 11) is -16.5. The molecule has 2 aromatic heterocycles. The fourth-order valence-corrected chi connectivity index (χ4v) is 10.7. The maximum atomic E-state index is 12.8. The summed E-state index contributed by atoms with van der Waals surface area (Å²) in [5, 5.41) is 36.7. The Balaban J connectivity index is 1.11. The second-order valence-electron chi connectivity index (χ2n) is 17.2. The molecular weight excluding hydrogens is 1020 g/mol. The van der Waals surface area contributed by atoms with Crippen molar-refractivity contribution in [2.24, 2.45) is 5.41 Å². The van der Waals surface area contributed by atoms with E-state index in [1.807, 2.05) is 18.2 Å². The van der Waals surface area contributed by atoms with Crippen LogP contribution in [0.4, 0.5) is 5.82 Å². The number of allylic oxidation sites excluding steroid dienone is 5. The summed E-state index contributed by atoms with van der Waals surface area (Å²) in [6.07, 6.45) is 6.93. The summed E-state index contributed by atoms with van der Waals surface area (Å²) in [5.74, 6) is -1.08. The van der Waals surface area contributed by atoms with Crippen LogP contribution in [0.15, 0.2) is 48.1 Å². The van der Waals surface area contributed by atoms with Crippen molar-refractivity contribution in [1.29, 1.82) is 0 Å². The van der Waals surface area contributed by atoms with Crippen molar-refractivity contribution in [3.8, 4) is 0 Å². The number of ether oxygens (including phenoxy) is 1. The molecule has 30 heteroatoms. The number of nitrogen functional groups attached to an aromatic ring is 1. The van der Waals surface area contributed by atoms with E-state index in [1.165, 1.54) is 13.8 Å². The molecule has 1 aliphatic heterocycles. The summed E-state index contributed by atoms with van der Waals surface area (Å²) in [6, 6.07) is 0. The fourth-order valence-electron chi connectivity index (χ4n) is 7.14. The molecule has 8 atom stereocenters. The summed E-state index contributed by atoms with van der Waals surface area (Å²) >= 11 is 1.06. The number of unbranched alkanes of at least 4 members (excludes halogenated alkanes) is 3. The molecule has 2 aromatic rings. The zero-order chi connectivity index (χ0) is 52.6. The Morgan fingerprint density at radius 2 is 1.73 bits per heavy atom. The smallest absolute Gasteiger partial charge is 0.389 e. The zero-order valence-electron chi connectivity index (χ0n) is 39.4. The number of imidazole rings is 1. The van der Waals surface area contributed by atoms with Gasteiger partial charge in [-0.15, -0.1) is 0 Å². The van der Waals surface area contributed by atoms with Crippen LogP contribution in [-0.2, 0) is 55.5 Å². The average Bonchev–Trinajstić information content (AvgIpc) is 3.97. The number of ketones is 1. The Bertz CT molecular complexity index is 2400. The number of nitrogens with one attached hydrogen (secondary N) is 2. The minimum absolute atomic E-state index is 0.0236. The number of fused-ring (bicyclic) bond motifs is 1. The van der Waals surface area contributed by atoms with Crippen molar-refractivity contribution in [2.75, 3.05) is 37.8 Å². The van der Waals surface area contributed by atoms with Gasteiger partial charge in [-0.05, 0) is 37.7 Å². The lowest BCUT2D eigenvalue weighted by molar-refractivity contribution is -0.137. The van der Waals surface area contributed by atoms with Crippen molar-refractivity contribution >= 4 is 74.9 Å². The molecule has 8 unspecified atom stereocenters. The number of carbonyl (C=O) groups is 4. The Hall–Kier alpha value is -3.59. The van der Waals surface area contributed by atoms with Crippen LogP contribution in [-0.4, -0.2) is 140 Å². The molecule has 3 heterocycles. The number of Topliss-reactive ketones (excluding diaryl/α,β-unsaturated/α-hetero) is 1. The SMILES string of the molecule is CCCCCC(O)/C=C/C1=C(C/C=C/CCCC(=O)SCCNC(=O)CCNC(=O)C(O)C(C)(C)COP(=O)(O)OP(=O)(O)OCC2OC(n3cnc4c(N)ncnc43)C(O)C2OP(=O)(O)O)C(=O)CC1. The molecule has 0 aromatic carbocycles. The molecule has 2 amide bonds. The van der Waals surface area contributed by atoms with Crippen LogP contribution >= 0.6 is 35.2 Å². The quantitative estimate of drug-likeness (QED) is 0.0295. The first-order valence-electron chi connectivity index (χ1n) is 22.6. The molecule has 0 radical (unpaired) electrons. The standard InChI is InChI=1S/C41H64N7O19P3S/c1-4-5-8-11-27(49)16-14-26-15-17-29(50)28(26)12-9-6-7-10-13-32(52)71-21-20-43-31(51)18-19-44-39(55)36(54)41(2,3)23-64-70(61,62)67-69(59,60)63-22-30-35(66-68(56,57)58)34(53)40(65-30)48-25-47-33-37(42)45-24-46-38(33)48/h6,9,14,16,24-25,27,30,34-36,40,49,53-54H,4-5,7-8,10-13,15,17-23H2,1-3H3,(H,43,51)(H,44,55)(H,59,60)(H,61,62)(H2,42,45,46)(H2,56,57,58)/b9-6+,16-14+. The molecule has 1 aliphatic carbocycles. The third-order valence-corrected chi connectivity index (χ3v) is 15.0. The van der Waals surface area contributed by atoms with Gasteiger partial charge in [-0.25, -0.2) is 28.6 Å². The van der Waals surface area contributed by atoms with E-state index in [0.717, 1.165) is 59.4 Å². The van der Waals surface area contributed by atoms with Gasteiger partial charge in [0.05, 0.1) is 25.6 Å². The van der Waals surface area contributed by atoms with Gasteiger partial charge in [-0.3, -0.25) is 37.3 Å². The minimum Gasteiger partial charge on any atom is -0.389 e. The van der Waals surface area contributed by atoms with Gasteiger partial charge in [0.1, 0.15) is 36.3 Å². The first-order chi connectivity index (χ1) is 33.3. The first-order valence-corrected chi connectivity index (χ1v) is 28.1. The van der Waals surface area contributed by atoms with Gasteiger partial charge in [0.25, 0.3) is 0 Å². The number of phosphoric acid groups is 3. The average molecular weight is 1080 g/mol. The second kappa shape index (κ2) is 27.6. The van der Waals surface area contributed by atoms with Crippen LogP contribution in [0.1, 0.15) is 97.6 Å². The lowest BCUT2D eigenvalue weighted by Crippen LogP contribution is -2.46. The van der Waals surface area contributed by atoms with E-state index in [1.54, 1.807) is 6.08 Å². The predicted molar refractivity (Wildman–Crippen MR) is 255 cm³/mol. The van der Waals surface area contributed by atoms with Crippen LogP contribution in [0.25, 0.3) is 11.2 Å². The van der Waals surface area contributed by atoms with Crippen molar-refractivity contribution in [3.05, 3.63) is 48.1 Å². The zero-order valence-corrected chi connectivity index (χ0v) is 42.9. The lowest BCUT2D eigenvalue weighted by atomic mass is 9.87. The molecule has 398 valence electrons. The molecule has 11 N–H and O–H groups in total. The number of nitrogens with two attached hydrogens (primary N) is 1. The summed E-state index contributed by atoms with van der Waals surface area (Å²) in [6.45, 7) is 2.49. The summed E-state index contributed by atoms with van der Waals surface area (Å²) < 4.78 is 62.4. The molecule has 26 nitrogen and oxygen atoms in total. The molecule has 1 fully saturated rings. The Kier molecular flexibility index (Phi) is 23.3. The van der Waals surface area contributed by atoms with Crippen molar-refractivity contribution in [2.45, 2.75) is 128 Å². The van der Waals surface area contributed by atoms with Crippen LogP contribution in [0, 0.1) is 5.41 Å². The highest BCUT2D eigenvalue weighted by molar-refractivity contribution is 8.13. The number of rotatable bonds is 31. The Labute approximate surface area is 413 Å². The van der Waals surface area contributed by atoms with E-state index in [0.29, 0.717) is 50.7 Å². The van der Waals surface area contributed by atoms with Crippen molar-refractivity contribution < 1.29 is 90.4 Å². The van der Waals surface area contributed by atoms with Gasteiger partial charge in [0, 0.05) is 49.1 Å². The number of anilines is 1. The van der Waals surface area contributed by atoms with E-state index >= 15 is 0 Å². The molecular formula is C41H64N7O19P3S. The topological polar surface area (TPSA) is 401 Å². The molecule has 0 saturated carbocycles. The van der Waals surface area contributed by atoms with Gasteiger partial charge in [-0.1, -0.05) is 76.1 Å². The Morgan fingerprint density at radius 1 is 1.00 bits per heavy atom. The molecule has 0 bridgehead atoms. The van der Waals surface area contributed by atoms with Gasteiger partial charge < -0.3 is 56.0 Å². The number of aromatic nitrogens is 4. The fraction of sp³-hybridized carbons (Fsp3) is 0.634. The number of aliphatic hydroxyl groups excluding tert-OH is 3. The van der Waals surface area contributed by atoms with Crippen LogP contribution in [0.2, 0.25) is 0 Å². The van der Waals surface area contributed by atoms with Crippen molar-refractivity contribution in [1.82, 2.24) is 30.2 Å². The number of hydrogen-bond donors (Lipinski definition) is 10. The normalized spacial score (nSPS) is 21.5. The summed E-state index contributed by atoms with van der Waals surface area (Å²) in [4.78, 5) is 101. The molecule has 4 rings (SSSR count). The number of amides is 2. The lowest BCUT2D eigenvalue weighted by Gasteiger charge is -2.30. The van der Waals surface area contributed by atoms with E-state index in [4.69, 9.17) is 19.5 Å². The maximum Gasteiger partial charge on any atom is 0.481 e. The van der Waals surface area contributed by atoms with Gasteiger partial charge >= 0.3 is 23.5 Å². The third kappa shape index (κ3) is 19.7. The second-order valence-corrected chi connectivity index (χ2v) is 22.6. The van der Waals surface area contributed by atoms with Gasteiger partial charge in [0.2, 0.25) is 11.8 Å². The van der Waals surface area contributed by atoms with Gasteiger partial charge in [-0.2, -0.15) is 4.31 Å². The number of hydrogen-bond acceptors (Lipinski definition) is 20.